The van der Waals surface area contributed by atoms with Gasteiger partial charge in [-0.1, -0.05) is 44.2 Å². The molecule has 2 unspecified atom stereocenters. The summed E-state index contributed by atoms with van der Waals surface area (Å²) in [6, 6.07) is 10.2. The molecular weight excluding hydrogens is 254 g/mol. The first-order valence-corrected chi connectivity index (χ1v) is 7.62. The van der Waals surface area contributed by atoms with Crippen molar-refractivity contribution in [1.29, 1.82) is 0 Å². The van der Waals surface area contributed by atoms with Gasteiger partial charge in [-0.2, -0.15) is 0 Å². The number of nitrogens with zero attached hydrogens (tertiary/aromatic N) is 1. The lowest BCUT2D eigenvalue weighted by Crippen LogP contribution is -2.16. The quantitative estimate of drug-likeness (QED) is 0.920. The van der Waals surface area contributed by atoms with Crippen LogP contribution >= 0.6 is 11.3 Å². The van der Waals surface area contributed by atoms with Gasteiger partial charge in [0.1, 0.15) is 0 Å². The van der Waals surface area contributed by atoms with E-state index in [9.17, 15) is 5.11 Å². The Kier molecular flexibility index (Phi) is 3.19. The van der Waals surface area contributed by atoms with Gasteiger partial charge in [0.2, 0.25) is 0 Å². The van der Waals surface area contributed by atoms with Crippen LogP contribution in [0.3, 0.4) is 0 Å². The molecule has 1 aliphatic rings. The molecule has 0 aliphatic heterocycles. The van der Waals surface area contributed by atoms with Gasteiger partial charge in [-0.3, -0.25) is 0 Å². The predicted octanol–water partition coefficient (Wildman–Crippen LogP) is 3.76. The van der Waals surface area contributed by atoms with E-state index >= 15 is 0 Å². The third-order valence-electron chi connectivity index (χ3n) is 4.06. The second-order valence-electron chi connectivity index (χ2n) is 6.06. The summed E-state index contributed by atoms with van der Waals surface area (Å²) in [5, 5.41) is 13.3. The van der Waals surface area contributed by atoms with Gasteiger partial charge < -0.3 is 5.11 Å². The molecule has 1 N–H and O–H groups in total. The monoisotopic (exact) mass is 273 g/mol. The molecule has 3 rings (SSSR count). The zero-order valence-electron chi connectivity index (χ0n) is 11.3. The molecule has 1 aliphatic carbocycles. The largest absolute Gasteiger partial charge is 0.392 e. The Morgan fingerprint density at radius 3 is 2.68 bits per heavy atom. The summed E-state index contributed by atoms with van der Waals surface area (Å²) >= 11 is 1.65. The Morgan fingerprint density at radius 1 is 1.37 bits per heavy atom. The number of rotatable bonds is 4. The van der Waals surface area contributed by atoms with Crippen LogP contribution in [0.25, 0.3) is 11.3 Å². The van der Waals surface area contributed by atoms with Crippen molar-refractivity contribution in [2.75, 3.05) is 0 Å². The molecule has 100 valence electrons. The minimum absolute atomic E-state index is 0.246. The fourth-order valence-electron chi connectivity index (χ4n) is 2.63. The van der Waals surface area contributed by atoms with Gasteiger partial charge in [0.15, 0.2) is 0 Å². The lowest BCUT2D eigenvalue weighted by atomic mass is 10.0. The van der Waals surface area contributed by atoms with E-state index in [1.807, 2.05) is 18.2 Å². The summed E-state index contributed by atoms with van der Waals surface area (Å²) in [5.41, 5.74) is 2.48. The Balaban J connectivity index is 1.69. The van der Waals surface area contributed by atoms with Crippen LogP contribution in [0.15, 0.2) is 35.7 Å². The van der Waals surface area contributed by atoms with Crippen LogP contribution in [-0.2, 0) is 6.42 Å². The average Bonchev–Trinajstić information content (AvgIpc) is 2.84. The number of aromatic nitrogens is 1. The molecule has 1 aromatic carbocycles. The summed E-state index contributed by atoms with van der Waals surface area (Å²) in [5.74, 6) is 0.441. The first kappa shape index (κ1) is 12.8. The van der Waals surface area contributed by atoms with E-state index in [0.717, 1.165) is 22.7 Å². The normalized spacial score (nSPS) is 22.2. The van der Waals surface area contributed by atoms with Crippen LogP contribution in [-0.4, -0.2) is 16.2 Å². The van der Waals surface area contributed by atoms with E-state index < -0.39 is 0 Å². The molecule has 3 heteroatoms. The highest BCUT2D eigenvalue weighted by atomic mass is 32.1. The van der Waals surface area contributed by atoms with Gasteiger partial charge >= 0.3 is 0 Å². The first-order chi connectivity index (χ1) is 9.06. The van der Waals surface area contributed by atoms with E-state index in [1.165, 1.54) is 0 Å². The lowest BCUT2D eigenvalue weighted by molar-refractivity contribution is 0.137. The SMILES string of the molecule is CC1(C)CC1C(O)Cc1nc(-c2ccccc2)cs1. The van der Waals surface area contributed by atoms with Crippen LogP contribution in [0, 0.1) is 11.3 Å². The molecule has 1 aromatic heterocycles. The molecule has 1 heterocycles. The minimum atomic E-state index is -0.246. The third-order valence-corrected chi connectivity index (χ3v) is 4.93. The van der Waals surface area contributed by atoms with Gasteiger partial charge in [-0.15, -0.1) is 11.3 Å². The molecule has 2 aromatic rings. The average molecular weight is 273 g/mol. The fraction of sp³-hybridized carbons (Fsp3) is 0.438. The summed E-state index contributed by atoms with van der Waals surface area (Å²) in [6.07, 6.45) is 1.57. The molecule has 0 saturated heterocycles. The maximum Gasteiger partial charge on any atom is 0.0958 e. The van der Waals surface area contributed by atoms with Crippen molar-refractivity contribution in [2.24, 2.45) is 11.3 Å². The predicted molar refractivity (Wildman–Crippen MR) is 79.1 cm³/mol. The van der Waals surface area contributed by atoms with Crippen molar-refractivity contribution in [3.63, 3.8) is 0 Å². The highest BCUT2D eigenvalue weighted by Gasteiger charge is 2.49. The number of benzene rings is 1. The van der Waals surface area contributed by atoms with E-state index in [2.05, 4.69) is 36.3 Å². The lowest BCUT2D eigenvalue weighted by Gasteiger charge is -2.10. The molecule has 1 saturated carbocycles. The van der Waals surface area contributed by atoms with Crippen LogP contribution in [0.5, 0.6) is 0 Å². The second-order valence-corrected chi connectivity index (χ2v) is 7.01. The molecule has 0 bridgehead atoms. The van der Waals surface area contributed by atoms with Crippen molar-refractivity contribution >= 4 is 11.3 Å². The van der Waals surface area contributed by atoms with Crippen molar-refractivity contribution in [3.05, 3.63) is 40.7 Å². The maximum absolute atomic E-state index is 10.2. The van der Waals surface area contributed by atoms with Gasteiger partial charge in [0, 0.05) is 17.4 Å². The second kappa shape index (κ2) is 4.73. The standard InChI is InChI=1S/C16H19NOS/c1-16(2)9-12(16)14(18)8-15-17-13(10-19-15)11-6-4-3-5-7-11/h3-7,10,12,14,18H,8-9H2,1-2H3. The van der Waals surface area contributed by atoms with Gasteiger partial charge in [-0.05, 0) is 17.8 Å². The van der Waals surface area contributed by atoms with Crippen LogP contribution in [0.1, 0.15) is 25.3 Å². The zero-order valence-corrected chi connectivity index (χ0v) is 12.2. The van der Waals surface area contributed by atoms with Crippen LogP contribution in [0.4, 0.5) is 0 Å². The number of thiazole rings is 1. The van der Waals surface area contributed by atoms with Crippen molar-refractivity contribution in [2.45, 2.75) is 32.8 Å². The smallest absolute Gasteiger partial charge is 0.0958 e. The van der Waals surface area contributed by atoms with Crippen molar-refractivity contribution < 1.29 is 5.11 Å². The van der Waals surface area contributed by atoms with Crippen molar-refractivity contribution in [1.82, 2.24) is 4.98 Å². The Labute approximate surface area is 118 Å². The van der Waals surface area contributed by atoms with Gasteiger partial charge in [0.05, 0.1) is 16.8 Å². The Hall–Kier alpha value is -1.19. The Morgan fingerprint density at radius 2 is 2.05 bits per heavy atom. The van der Waals surface area contributed by atoms with Crippen LogP contribution < -0.4 is 0 Å². The number of hydrogen-bond acceptors (Lipinski definition) is 3. The zero-order chi connectivity index (χ0) is 13.5. The molecule has 0 radical (unpaired) electrons. The minimum Gasteiger partial charge on any atom is -0.392 e. The van der Waals surface area contributed by atoms with Crippen LogP contribution in [0.2, 0.25) is 0 Å². The molecular formula is C16H19NOS. The van der Waals surface area contributed by atoms with E-state index in [1.54, 1.807) is 11.3 Å². The van der Waals surface area contributed by atoms with E-state index in [-0.39, 0.29) is 6.10 Å². The van der Waals surface area contributed by atoms with E-state index in [4.69, 9.17) is 0 Å². The molecule has 19 heavy (non-hydrogen) atoms. The highest BCUT2D eigenvalue weighted by molar-refractivity contribution is 7.09. The number of hydrogen-bond donors (Lipinski definition) is 1. The molecule has 0 amide bonds. The molecule has 0 spiro atoms. The molecule has 1 fully saturated rings. The molecule has 2 atom stereocenters. The summed E-state index contributed by atoms with van der Waals surface area (Å²) in [7, 11) is 0. The van der Waals surface area contributed by atoms with Gasteiger partial charge in [-0.25, -0.2) is 4.98 Å². The van der Waals surface area contributed by atoms with Gasteiger partial charge in [0.25, 0.3) is 0 Å². The first-order valence-electron chi connectivity index (χ1n) is 6.74. The number of aliphatic hydroxyl groups excluding tert-OH is 1. The highest BCUT2D eigenvalue weighted by Crippen LogP contribution is 2.54. The maximum atomic E-state index is 10.2. The Bertz CT molecular complexity index is 561. The van der Waals surface area contributed by atoms with Crippen molar-refractivity contribution in [3.8, 4) is 11.3 Å². The third kappa shape index (κ3) is 2.72. The summed E-state index contributed by atoms with van der Waals surface area (Å²) in [6.45, 7) is 4.44. The summed E-state index contributed by atoms with van der Waals surface area (Å²) in [4.78, 5) is 4.64. The number of aliphatic hydroxyl groups is 1. The fourth-order valence-corrected chi connectivity index (χ4v) is 3.49. The summed E-state index contributed by atoms with van der Waals surface area (Å²) < 4.78 is 0. The van der Waals surface area contributed by atoms with E-state index in [0.29, 0.717) is 17.8 Å². The topological polar surface area (TPSA) is 33.1 Å². The molecule has 2 nitrogen and oxygen atoms in total.